The maximum Gasteiger partial charge on any atom is 0.284 e. The number of hydrogen-bond acceptors (Lipinski definition) is 4. The lowest BCUT2D eigenvalue weighted by Gasteiger charge is -2.02. The molecule has 0 spiro atoms. The molecule has 7 heteroatoms. The van der Waals surface area contributed by atoms with Gasteiger partial charge in [-0.05, 0) is 30.7 Å². The summed E-state index contributed by atoms with van der Waals surface area (Å²) in [5, 5.41) is 3.79. The number of carbonyl (C=O) groups excluding carboxylic acids is 1. The van der Waals surface area contributed by atoms with Crippen LogP contribution in [0.15, 0.2) is 45.9 Å². The van der Waals surface area contributed by atoms with Gasteiger partial charge in [0.15, 0.2) is 0 Å². The number of thioether (sulfide) groups is 1. The lowest BCUT2D eigenvalue weighted by atomic mass is 10.1. The van der Waals surface area contributed by atoms with Crippen LogP contribution in [0.25, 0.3) is 0 Å². The molecule has 0 aliphatic heterocycles. The van der Waals surface area contributed by atoms with Gasteiger partial charge in [0.05, 0.1) is 12.0 Å². The molecule has 1 aromatic carbocycles. The van der Waals surface area contributed by atoms with Gasteiger partial charge in [0.1, 0.15) is 11.5 Å². The van der Waals surface area contributed by atoms with Gasteiger partial charge in [-0.3, -0.25) is 4.79 Å². The summed E-state index contributed by atoms with van der Waals surface area (Å²) in [4.78, 5) is 11.9. The molecule has 22 heavy (non-hydrogen) atoms. The highest BCUT2D eigenvalue weighted by atomic mass is 32.2. The van der Waals surface area contributed by atoms with Crippen LogP contribution in [0.4, 0.5) is 8.78 Å². The molecule has 0 radical (unpaired) electrons. The van der Waals surface area contributed by atoms with E-state index in [1.807, 2.05) is 19.1 Å². The first-order valence-corrected chi connectivity index (χ1v) is 7.48. The molecule has 0 saturated carbocycles. The van der Waals surface area contributed by atoms with Crippen molar-refractivity contribution in [3.8, 4) is 0 Å². The molecule has 0 aliphatic rings. The second-order valence-corrected chi connectivity index (χ2v) is 5.37. The number of halogens is 2. The first kappa shape index (κ1) is 16.2. The summed E-state index contributed by atoms with van der Waals surface area (Å²) in [5.74, 6) is -1.86. The number of nitrogens with zero attached hydrogens (tertiary/aromatic N) is 1. The van der Waals surface area contributed by atoms with Crippen molar-refractivity contribution in [1.82, 2.24) is 5.43 Å². The fraction of sp³-hybridized carbons (Fsp3) is 0.200. The number of furan rings is 1. The van der Waals surface area contributed by atoms with E-state index < -0.39 is 5.76 Å². The Morgan fingerprint density at radius 2 is 2.14 bits per heavy atom. The molecule has 0 unspecified atom stereocenters. The number of carbonyl (C=O) groups is 1. The molecular weight excluding hydrogens is 310 g/mol. The van der Waals surface area contributed by atoms with E-state index in [0.717, 1.165) is 5.56 Å². The highest BCUT2D eigenvalue weighted by Gasteiger charge is 2.08. The minimum Gasteiger partial charge on any atom is -0.459 e. The van der Waals surface area contributed by atoms with E-state index in [0.29, 0.717) is 28.8 Å². The fourth-order valence-electron chi connectivity index (χ4n) is 1.73. The van der Waals surface area contributed by atoms with Crippen LogP contribution in [0.5, 0.6) is 0 Å². The fourth-order valence-corrected chi connectivity index (χ4v) is 2.17. The zero-order valence-corrected chi connectivity index (χ0v) is 12.6. The molecule has 116 valence electrons. The lowest BCUT2D eigenvalue weighted by Crippen LogP contribution is -2.18. The van der Waals surface area contributed by atoms with Crippen LogP contribution in [-0.4, -0.2) is 17.9 Å². The van der Waals surface area contributed by atoms with Crippen LogP contribution in [0.1, 0.15) is 27.4 Å². The van der Waals surface area contributed by atoms with Gasteiger partial charge in [-0.15, -0.1) is 0 Å². The lowest BCUT2D eigenvalue weighted by molar-refractivity contribution is 0.0954. The maximum absolute atomic E-state index is 12.1. The van der Waals surface area contributed by atoms with Crippen LogP contribution in [-0.2, 0) is 5.75 Å². The van der Waals surface area contributed by atoms with Gasteiger partial charge in [-0.2, -0.15) is 13.9 Å². The van der Waals surface area contributed by atoms with Crippen molar-refractivity contribution in [2.24, 2.45) is 5.10 Å². The zero-order chi connectivity index (χ0) is 15.9. The van der Waals surface area contributed by atoms with Crippen LogP contribution >= 0.6 is 11.8 Å². The van der Waals surface area contributed by atoms with Crippen molar-refractivity contribution in [1.29, 1.82) is 0 Å². The Labute approximate surface area is 130 Å². The summed E-state index contributed by atoms with van der Waals surface area (Å²) >= 11 is 0.484. The number of alkyl halides is 2. The van der Waals surface area contributed by atoms with E-state index in [4.69, 9.17) is 4.42 Å². The standard InChI is InChI=1S/C15H14F2N2O2S/c1-10-4-2-3-5-13(10)14(20)19-18-8-11-6-7-12(21-11)9-22-15(16)17/h2-8,15H,9H2,1H3,(H,19,20)/b18-8-. The Hall–Kier alpha value is -2.15. The predicted octanol–water partition coefficient (Wildman–Crippen LogP) is 3.81. The van der Waals surface area contributed by atoms with Crippen molar-refractivity contribution >= 4 is 23.9 Å². The first-order valence-electron chi connectivity index (χ1n) is 6.44. The summed E-state index contributed by atoms with van der Waals surface area (Å²) in [5.41, 5.74) is 3.78. The molecule has 4 nitrogen and oxygen atoms in total. The van der Waals surface area contributed by atoms with Gasteiger partial charge < -0.3 is 4.42 Å². The van der Waals surface area contributed by atoms with Crippen LogP contribution in [0.3, 0.4) is 0 Å². The normalized spacial score (nSPS) is 11.3. The van der Waals surface area contributed by atoms with Crippen molar-refractivity contribution in [2.75, 3.05) is 0 Å². The van der Waals surface area contributed by atoms with E-state index in [-0.39, 0.29) is 11.7 Å². The van der Waals surface area contributed by atoms with Crippen LogP contribution in [0, 0.1) is 6.92 Å². The number of rotatable bonds is 6. The quantitative estimate of drug-likeness (QED) is 0.649. The molecule has 1 N–H and O–H groups in total. The summed E-state index contributed by atoms with van der Waals surface area (Å²) in [6.45, 7) is 1.83. The minimum atomic E-state index is -2.43. The number of hydrazone groups is 1. The smallest absolute Gasteiger partial charge is 0.284 e. The summed E-state index contributed by atoms with van der Waals surface area (Å²) in [6.07, 6.45) is 1.33. The van der Waals surface area contributed by atoms with Crippen LogP contribution < -0.4 is 5.43 Å². The van der Waals surface area contributed by atoms with E-state index in [1.54, 1.807) is 24.3 Å². The molecular formula is C15H14F2N2O2S. The molecule has 0 saturated heterocycles. The number of amides is 1. The van der Waals surface area contributed by atoms with Gasteiger partial charge in [0, 0.05) is 5.56 Å². The van der Waals surface area contributed by atoms with Crippen molar-refractivity contribution in [3.63, 3.8) is 0 Å². The molecule has 2 rings (SSSR count). The van der Waals surface area contributed by atoms with E-state index in [9.17, 15) is 13.6 Å². The topological polar surface area (TPSA) is 54.6 Å². The van der Waals surface area contributed by atoms with E-state index in [1.165, 1.54) is 6.21 Å². The van der Waals surface area contributed by atoms with E-state index in [2.05, 4.69) is 10.5 Å². The second kappa shape index (κ2) is 7.74. The first-order chi connectivity index (χ1) is 10.6. The number of aryl methyl sites for hydroxylation is 1. The molecule has 0 aliphatic carbocycles. The minimum absolute atomic E-state index is 0.0844. The van der Waals surface area contributed by atoms with Gasteiger partial charge in [0.25, 0.3) is 11.7 Å². The molecule has 0 atom stereocenters. The summed E-state index contributed by atoms with van der Waals surface area (Å²) < 4.78 is 29.4. The predicted molar refractivity (Wildman–Crippen MR) is 82.2 cm³/mol. The highest BCUT2D eigenvalue weighted by molar-refractivity contribution is 7.98. The molecule has 1 amide bonds. The van der Waals surface area contributed by atoms with Crippen LogP contribution in [0.2, 0.25) is 0 Å². The molecule has 0 fully saturated rings. The Morgan fingerprint density at radius 1 is 1.36 bits per heavy atom. The maximum atomic E-state index is 12.1. The molecule has 1 heterocycles. The Bertz CT molecular complexity index is 671. The SMILES string of the molecule is Cc1ccccc1C(=O)N/N=C\c1ccc(CSC(F)F)o1. The second-order valence-electron chi connectivity index (χ2n) is 4.39. The average molecular weight is 324 g/mol. The molecule has 1 aromatic heterocycles. The Kier molecular flexibility index (Phi) is 5.71. The average Bonchev–Trinajstić information content (AvgIpc) is 2.93. The van der Waals surface area contributed by atoms with Gasteiger partial charge in [0.2, 0.25) is 0 Å². The summed E-state index contributed by atoms with van der Waals surface area (Å²) in [6, 6.07) is 10.3. The van der Waals surface area contributed by atoms with Crippen molar-refractivity contribution < 1.29 is 18.0 Å². The third-order valence-electron chi connectivity index (χ3n) is 2.78. The van der Waals surface area contributed by atoms with Crippen molar-refractivity contribution in [3.05, 3.63) is 59.0 Å². The number of benzene rings is 1. The third kappa shape index (κ3) is 4.70. The third-order valence-corrected chi connectivity index (χ3v) is 3.48. The Morgan fingerprint density at radius 3 is 2.86 bits per heavy atom. The van der Waals surface area contributed by atoms with Gasteiger partial charge >= 0.3 is 0 Å². The van der Waals surface area contributed by atoms with E-state index >= 15 is 0 Å². The molecule has 0 bridgehead atoms. The highest BCUT2D eigenvalue weighted by Crippen LogP contribution is 2.20. The summed E-state index contributed by atoms with van der Waals surface area (Å²) in [7, 11) is 0. The van der Waals surface area contributed by atoms with Gasteiger partial charge in [-0.1, -0.05) is 30.0 Å². The Balaban J connectivity index is 1.90. The largest absolute Gasteiger partial charge is 0.459 e. The zero-order valence-electron chi connectivity index (χ0n) is 11.8. The molecule has 2 aromatic rings. The van der Waals surface area contributed by atoms with Gasteiger partial charge in [-0.25, -0.2) is 5.43 Å². The van der Waals surface area contributed by atoms with Crippen molar-refractivity contribution in [2.45, 2.75) is 18.4 Å². The number of hydrogen-bond donors (Lipinski definition) is 1. The number of nitrogens with one attached hydrogen (secondary N) is 1. The monoisotopic (exact) mass is 324 g/mol.